The quantitative estimate of drug-likeness (QED) is 0.707. The first-order chi connectivity index (χ1) is 14.0. The minimum Gasteiger partial charge on any atom is -0.391 e. The van der Waals surface area contributed by atoms with Gasteiger partial charge in [0.15, 0.2) is 5.69 Å². The van der Waals surface area contributed by atoms with Crippen LogP contribution < -0.4 is 5.56 Å². The lowest BCUT2D eigenvalue weighted by Crippen LogP contribution is -2.36. The molecule has 1 saturated carbocycles. The first-order valence-electron chi connectivity index (χ1n) is 9.95. The van der Waals surface area contributed by atoms with E-state index in [1.165, 1.54) is 4.68 Å². The normalized spacial score (nSPS) is 26.6. The zero-order valence-corrected chi connectivity index (χ0v) is 16.2. The second-order valence-electron chi connectivity index (χ2n) is 8.15. The number of rotatable bonds is 2. The molecule has 8 nitrogen and oxygen atoms in total. The molecule has 1 N–H and O–H groups in total. The van der Waals surface area contributed by atoms with Crippen LogP contribution in [-0.4, -0.2) is 54.7 Å². The van der Waals surface area contributed by atoms with Crippen molar-refractivity contribution in [3.05, 3.63) is 58.8 Å². The molecule has 1 aliphatic heterocycles. The lowest BCUT2D eigenvalue weighted by molar-refractivity contribution is 0.0306. The van der Waals surface area contributed by atoms with E-state index >= 15 is 0 Å². The lowest BCUT2D eigenvalue weighted by atomic mass is 9.77. The molecule has 3 aromatic rings. The molecule has 0 unspecified atom stereocenters. The Morgan fingerprint density at radius 1 is 1.10 bits per heavy atom. The number of hydrogen-bond acceptors (Lipinski definition) is 5. The average Bonchev–Trinajstić information content (AvgIpc) is 3.39. The van der Waals surface area contributed by atoms with Crippen LogP contribution in [0.15, 0.2) is 47.5 Å². The fraction of sp³-hybridized carbons (Fsp3) is 0.429. The number of aliphatic hydroxyl groups is 1. The van der Waals surface area contributed by atoms with Gasteiger partial charge in [0.2, 0.25) is 0 Å². The maximum Gasteiger partial charge on any atom is 0.274 e. The number of likely N-dealkylation sites (tertiary alicyclic amines) is 1. The van der Waals surface area contributed by atoms with E-state index in [4.69, 9.17) is 0 Å². The molecular weight excluding hydrogens is 370 g/mol. The van der Waals surface area contributed by atoms with Crippen molar-refractivity contribution in [2.75, 3.05) is 13.1 Å². The Morgan fingerprint density at radius 2 is 1.83 bits per heavy atom. The van der Waals surface area contributed by atoms with Crippen LogP contribution in [0.25, 0.3) is 10.8 Å². The van der Waals surface area contributed by atoms with Crippen LogP contribution in [0, 0.1) is 11.8 Å². The van der Waals surface area contributed by atoms with Crippen LogP contribution in [0.1, 0.15) is 29.4 Å². The number of aryl methyl sites for hydroxylation is 1. The molecule has 2 aliphatic rings. The summed E-state index contributed by atoms with van der Waals surface area (Å²) in [5.74, 6) is 0.422. The van der Waals surface area contributed by atoms with Gasteiger partial charge < -0.3 is 10.0 Å². The summed E-state index contributed by atoms with van der Waals surface area (Å²) >= 11 is 0. The standard InChI is InChI=1S/C21H23N5O3/c1-24-20(28)16-6-3-2-5-15(16)19(23-24)21(29)25-11-13-9-17(26-8-4-7-22-26)18(27)10-14(13)12-25/h2-8,13-14,17-18,27H,9-12H2,1H3/t13-,14+,17-,18-/m1/s1. The molecule has 29 heavy (non-hydrogen) atoms. The van der Waals surface area contributed by atoms with E-state index in [1.807, 2.05) is 27.9 Å². The highest BCUT2D eigenvalue weighted by Gasteiger charge is 2.44. The molecule has 1 saturated heterocycles. The maximum absolute atomic E-state index is 13.3. The van der Waals surface area contributed by atoms with Crippen molar-refractivity contribution in [2.24, 2.45) is 18.9 Å². The lowest BCUT2D eigenvalue weighted by Gasteiger charge is -2.35. The highest BCUT2D eigenvalue weighted by Crippen LogP contribution is 2.41. The fourth-order valence-electron chi connectivity index (χ4n) is 4.94. The zero-order chi connectivity index (χ0) is 20.1. The van der Waals surface area contributed by atoms with E-state index in [-0.39, 0.29) is 23.4 Å². The van der Waals surface area contributed by atoms with Crippen molar-refractivity contribution >= 4 is 16.7 Å². The van der Waals surface area contributed by atoms with E-state index in [1.54, 1.807) is 31.4 Å². The van der Waals surface area contributed by atoms with Gasteiger partial charge in [0.05, 0.1) is 17.5 Å². The molecule has 150 valence electrons. The predicted molar refractivity (Wildman–Crippen MR) is 106 cm³/mol. The van der Waals surface area contributed by atoms with Gasteiger partial charge in [0, 0.05) is 37.9 Å². The van der Waals surface area contributed by atoms with Gasteiger partial charge in [-0.1, -0.05) is 18.2 Å². The van der Waals surface area contributed by atoms with Crippen LogP contribution >= 0.6 is 0 Å². The molecule has 1 amide bonds. The van der Waals surface area contributed by atoms with Crippen LogP contribution in [0.2, 0.25) is 0 Å². The van der Waals surface area contributed by atoms with Crippen LogP contribution in [0.5, 0.6) is 0 Å². The number of aromatic nitrogens is 4. The zero-order valence-electron chi connectivity index (χ0n) is 16.2. The Morgan fingerprint density at radius 3 is 2.55 bits per heavy atom. The van der Waals surface area contributed by atoms with Crippen LogP contribution in [0.4, 0.5) is 0 Å². The highest BCUT2D eigenvalue weighted by atomic mass is 16.3. The summed E-state index contributed by atoms with van der Waals surface area (Å²) in [5, 5.41) is 20.3. The molecule has 3 heterocycles. The van der Waals surface area contributed by atoms with Gasteiger partial charge in [0.25, 0.3) is 11.5 Å². The van der Waals surface area contributed by atoms with Gasteiger partial charge in [-0.3, -0.25) is 14.3 Å². The Bertz CT molecular complexity index is 1120. The SMILES string of the molecule is Cn1nc(C(=O)N2C[C@H]3C[C@@H](n4cccn4)[C@H](O)C[C@H]3C2)c2ccccc2c1=O. The number of fused-ring (bicyclic) bond motifs is 2. The molecule has 1 aliphatic carbocycles. The summed E-state index contributed by atoms with van der Waals surface area (Å²) in [7, 11) is 1.57. The molecule has 0 bridgehead atoms. The third kappa shape index (κ3) is 2.95. The first kappa shape index (κ1) is 18.1. The summed E-state index contributed by atoms with van der Waals surface area (Å²) in [6.07, 6.45) is 4.58. The summed E-state index contributed by atoms with van der Waals surface area (Å²) in [6, 6.07) is 8.91. The van der Waals surface area contributed by atoms with Crippen molar-refractivity contribution < 1.29 is 9.90 Å². The summed E-state index contributed by atoms with van der Waals surface area (Å²) in [6.45, 7) is 1.23. The third-order valence-electron chi connectivity index (χ3n) is 6.42. The van der Waals surface area contributed by atoms with E-state index in [2.05, 4.69) is 10.2 Å². The summed E-state index contributed by atoms with van der Waals surface area (Å²) < 4.78 is 3.06. The largest absolute Gasteiger partial charge is 0.391 e. The Labute approximate surface area is 167 Å². The number of aliphatic hydroxyl groups excluding tert-OH is 1. The first-order valence-corrected chi connectivity index (χ1v) is 9.95. The number of nitrogens with zero attached hydrogens (tertiary/aromatic N) is 5. The van der Waals surface area contributed by atoms with E-state index in [0.29, 0.717) is 41.9 Å². The van der Waals surface area contributed by atoms with Gasteiger partial charge in [-0.15, -0.1) is 0 Å². The molecule has 1 aromatic carbocycles. The van der Waals surface area contributed by atoms with Gasteiger partial charge in [-0.25, -0.2) is 4.68 Å². The predicted octanol–water partition coefficient (Wildman–Crippen LogP) is 1.21. The van der Waals surface area contributed by atoms with Crippen molar-refractivity contribution in [3.63, 3.8) is 0 Å². The number of benzene rings is 1. The Balaban J connectivity index is 1.43. The number of amides is 1. The molecule has 4 atom stereocenters. The van der Waals surface area contributed by atoms with Crippen molar-refractivity contribution in [2.45, 2.75) is 25.0 Å². The second-order valence-corrected chi connectivity index (χ2v) is 8.15. The number of hydrogen-bond donors (Lipinski definition) is 1. The molecule has 2 fully saturated rings. The minimum absolute atomic E-state index is 0.0576. The summed E-state index contributed by atoms with van der Waals surface area (Å²) in [4.78, 5) is 27.5. The van der Waals surface area contributed by atoms with Crippen LogP contribution in [0.3, 0.4) is 0 Å². The van der Waals surface area contributed by atoms with Crippen molar-refractivity contribution in [1.29, 1.82) is 0 Å². The average molecular weight is 393 g/mol. The molecular formula is C21H23N5O3. The Kier molecular flexibility index (Phi) is 4.24. The number of carbonyl (C=O) groups is 1. The van der Waals surface area contributed by atoms with Gasteiger partial charge >= 0.3 is 0 Å². The van der Waals surface area contributed by atoms with E-state index in [0.717, 1.165) is 6.42 Å². The van der Waals surface area contributed by atoms with Gasteiger partial charge in [0.1, 0.15) is 0 Å². The molecule has 0 spiro atoms. The van der Waals surface area contributed by atoms with Crippen molar-refractivity contribution in [1.82, 2.24) is 24.5 Å². The third-order valence-corrected chi connectivity index (χ3v) is 6.42. The molecule has 0 radical (unpaired) electrons. The fourth-order valence-corrected chi connectivity index (χ4v) is 4.94. The van der Waals surface area contributed by atoms with Gasteiger partial charge in [-0.2, -0.15) is 10.2 Å². The topological polar surface area (TPSA) is 93.2 Å². The summed E-state index contributed by atoms with van der Waals surface area (Å²) in [5.41, 5.74) is 0.1000. The van der Waals surface area contributed by atoms with E-state index in [9.17, 15) is 14.7 Å². The van der Waals surface area contributed by atoms with Crippen LogP contribution in [-0.2, 0) is 7.05 Å². The van der Waals surface area contributed by atoms with Crippen molar-refractivity contribution in [3.8, 4) is 0 Å². The molecule has 5 rings (SSSR count). The second kappa shape index (κ2) is 6.81. The molecule has 2 aromatic heterocycles. The molecule has 8 heteroatoms. The smallest absolute Gasteiger partial charge is 0.274 e. The number of carbonyl (C=O) groups excluding carboxylic acids is 1. The minimum atomic E-state index is -0.470. The highest BCUT2D eigenvalue weighted by molar-refractivity contribution is 6.04. The maximum atomic E-state index is 13.3. The van der Waals surface area contributed by atoms with Gasteiger partial charge in [-0.05, 0) is 36.8 Å². The monoisotopic (exact) mass is 393 g/mol. The Hall–Kier alpha value is -3.00. The van der Waals surface area contributed by atoms with E-state index < -0.39 is 6.10 Å².